The van der Waals surface area contributed by atoms with Crippen LogP contribution in [0.15, 0.2) is 36.4 Å². The summed E-state index contributed by atoms with van der Waals surface area (Å²) < 4.78 is 14.1. The first-order valence-corrected chi connectivity index (χ1v) is 7.03. The van der Waals surface area contributed by atoms with Crippen LogP contribution in [-0.4, -0.2) is 5.91 Å². The van der Waals surface area contributed by atoms with E-state index < -0.39 is 0 Å². The summed E-state index contributed by atoms with van der Waals surface area (Å²) in [6.07, 6.45) is 0.0378. The lowest BCUT2D eigenvalue weighted by atomic mass is 10.1. The van der Waals surface area contributed by atoms with Crippen LogP contribution in [0.25, 0.3) is 0 Å². The summed E-state index contributed by atoms with van der Waals surface area (Å²) in [6.45, 7) is 1.88. The van der Waals surface area contributed by atoms with E-state index in [9.17, 15) is 9.18 Å². The molecule has 1 aromatic carbocycles. The largest absolute Gasteiger partial charge is 0.348 e. The first-order chi connectivity index (χ1) is 9.06. The maximum atomic E-state index is 13.4. The van der Waals surface area contributed by atoms with Crippen LogP contribution < -0.4 is 5.32 Å². The van der Waals surface area contributed by atoms with E-state index in [1.165, 1.54) is 17.4 Å². The van der Waals surface area contributed by atoms with Crippen molar-refractivity contribution in [2.75, 3.05) is 0 Å². The number of benzene rings is 1. The molecule has 2 aromatic rings. The second-order valence-corrected chi connectivity index (χ2v) is 5.95. The number of carbonyl (C=O) groups excluding carboxylic acids is 1. The van der Waals surface area contributed by atoms with E-state index >= 15 is 0 Å². The molecule has 19 heavy (non-hydrogen) atoms. The average molecular weight is 298 g/mol. The third kappa shape index (κ3) is 3.78. The highest BCUT2D eigenvalue weighted by atomic mass is 35.5. The normalized spacial score (nSPS) is 12.2. The highest BCUT2D eigenvalue weighted by Crippen LogP contribution is 2.26. The van der Waals surface area contributed by atoms with Crippen LogP contribution >= 0.6 is 22.9 Å². The molecule has 0 aliphatic heterocycles. The van der Waals surface area contributed by atoms with Gasteiger partial charge in [-0.15, -0.1) is 11.3 Å². The van der Waals surface area contributed by atoms with E-state index in [4.69, 9.17) is 11.6 Å². The Morgan fingerprint density at radius 3 is 2.74 bits per heavy atom. The molecule has 0 aliphatic rings. The Balaban J connectivity index is 1.96. The maximum absolute atomic E-state index is 13.4. The maximum Gasteiger partial charge on any atom is 0.225 e. The van der Waals surface area contributed by atoms with Gasteiger partial charge in [0.1, 0.15) is 5.82 Å². The quantitative estimate of drug-likeness (QED) is 0.909. The van der Waals surface area contributed by atoms with Crippen molar-refractivity contribution in [3.8, 4) is 0 Å². The Hall–Kier alpha value is -1.39. The van der Waals surface area contributed by atoms with E-state index in [0.29, 0.717) is 9.90 Å². The molecule has 1 heterocycles. The van der Waals surface area contributed by atoms with E-state index in [0.717, 1.165) is 4.88 Å². The summed E-state index contributed by atoms with van der Waals surface area (Å²) >= 11 is 7.27. The predicted molar refractivity (Wildman–Crippen MR) is 76.0 cm³/mol. The van der Waals surface area contributed by atoms with Gasteiger partial charge in [0.05, 0.1) is 16.8 Å². The highest BCUT2D eigenvalue weighted by Gasteiger charge is 2.13. The molecular weight excluding hydrogens is 285 g/mol. The second kappa shape index (κ2) is 6.17. The lowest BCUT2D eigenvalue weighted by molar-refractivity contribution is -0.121. The summed E-state index contributed by atoms with van der Waals surface area (Å²) in [7, 11) is 0. The van der Waals surface area contributed by atoms with Crippen molar-refractivity contribution in [1.82, 2.24) is 5.32 Å². The van der Waals surface area contributed by atoms with Crippen molar-refractivity contribution in [3.63, 3.8) is 0 Å². The molecule has 1 N–H and O–H groups in total. The van der Waals surface area contributed by atoms with Crippen LogP contribution in [0.2, 0.25) is 4.34 Å². The van der Waals surface area contributed by atoms with Gasteiger partial charge in [0, 0.05) is 4.88 Å². The van der Waals surface area contributed by atoms with E-state index in [2.05, 4.69) is 5.32 Å². The number of thiophene rings is 1. The summed E-state index contributed by atoms with van der Waals surface area (Å²) in [6, 6.07) is 9.83. The number of carbonyl (C=O) groups is 1. The molecule has 5 heteroatoms. The van der Waals surface area contributed by atoms with Crippen molar-refractivity contribution in [2.45, 2.75) is 19.4 Å². The molecule has 1 amide bonds. The van der Waals surface area contributed by atoms with Crippen LogP contribution in [0.1, 0.15) is 23.4 Å². The third-order valence-electron chi connectivity index (χ3n) is 2.71. The van der Waals surface area contributed by atoms with Crippen LogP contribution in [0.5, 0.6) is 0 Å². The van der Waals surface area contributed by atoms with Crippen molar-refractivity contribution < 1.29 is 9.18 Å². The zero-order chi connectivity index (χ0) is 13.8. The first kappa shape index (κ1) is 14.0. The average Bonchev–Trinajstić information content (AvgIpc) is 2.79. The monoisotopic (exact) mass is 297 g/mol. The van der Waals surface area contributed by atoms with Crippen LogP contribution in [0.3, 0.4) is 0 Å². The Morgan fingerprint density at radius 1 is 1.37 bits per heavy atom. The molecule has 0 aliphatic carbocycles. The molecule has 2 rings (SSSR count). The molecule has 0 saturated carbocycles. The molecule has 0 fully saturated rings. The van der Waals surface area contributed by atoms with Gasteiger partial charge in [-0.25, -0.2) is 4.39 Å². The molecule has 1 aromatic heterocycles. The minimum atomic E-state index is -0.357. The lowest BCUT2D eigenvalue weighted by Crippen LogP contribution is -2.27. The Bertz CT molecular complexity index is 584. The highest BCUT2D eigenvalue weighted by molar-refractivity contribution is 7.16. The van der Waals surface area contributed by atoms with Crippen molar-refractivity contribution >= 4 is 28.8 Å². The third-order valence-corrected chi connectivity index (χ3v) is 4.12. The number of halogens is 2. The fourth-order valence-corrected chi connectivity index (χ4v) is 2.80. The van der Waals surface area contributed by atoms with Crippen molar-refractivity contribution in [2.24, 2.45) is 0 Å². The van der Waals surface area contributed by atoms with E-state index in [-0.39, 0.29) is 24.2 Å². The van der Waals surface area contributed by atoms with Crippen LogP contribution in [0.4, 0.5) is 4.39 Å². The van der Waals surface area contributed by atoms with E-state index in [1.807, 2.05) is 13.0 Å². The first-order valence-electron chi connectivity index (χ1n) is 5.84. The zero-order valence-corrected chi connectivity index (χ0v) is 11.9. The van der Waals surface area contributed by atoms with Gasteiger partial charge in [0.25, 0.3) is 0 Å². The second-order valence-electron chi connectivity index (χ2n) is 4.20. The molecule has 0 bridgehead atoms. The van der Waals surface area contributed by atoms with Crippen molar-refractivity contribution in [3.05, 3.63) is 57.0 Å². The van der Waals surface area contributed by atoms with Crippen LogP contribution in [0, 0.1) is 5.82 Å². The predicted octanol–water partition coefficient (Wildman–Crippen LogP) is 3.96. The zero-order valence-electron chi connectivity index (χ0n) is 10.3. The Labute approximate surface area is 120 Å². The number of rotatable bonds is 4. The standard InChI is InChI=1S/C14H13ClFNOS/c1-9(12-6-7-13(15)19-12)17-14(18)8-10-4-2-3-5-11(10)16/h2-7,9H,8H2,1H3,(H,17,18). The number of nitrogens with one attached hydrogen (secondary N) is 1. The summed E-state index contributed by atoms with van der Waals surface area (Å²) in [5, 5.41) is 2.83. The van der Waals surface area contributed by atoms with Gasteiger partial charge in [-0.3, -0.25) is 4.79 Å². The molecular formula is C14H13ClFNOS. The fourth-order valence-electron chi connectivity index (χ4n) is 1.74. The summed E-state index contributed by atoms with van der Waals surface area (Å²) in [5.41, 5.74) is 0.399. The minimum Gasteiger partial charge on any atom is -0.348 e. The smallest absolute Gasteiger partial charge is 0.225 e. The number of hydrogen-bond acceptors (Lipinski definition) is 2. The summed E-state index contributed by atoms with van der Waals surface area (Å²) in [5.74, 6) is -0.563. The van der Waals surface area contributed by atoms with Gasteiger partial charge in [0.15, 0.2) is 0 Å². The van der Waals surface area contributed by atoms with Crippen molar-refractivity contribution in [1.29, 1.82) is 0 Å². The molecule has 0 spiro atoms. The number of amides is 1. The van der Waals surface area contributed by atoms with Gasteiger partial charge in [-0.1, -0.05) is 29.8 Å². The Kier molecular flexibility index (Phi) is 4.56. The molecule has 0 saturated heterocycles. The van der Waals surface area contributed by atoms with Gasteiger partial charge in [0.2, 0.25) is 5.91 Å². The van der Waals surface area contributed by atoms with Gasteiger partial charge < -0.3 is 5.32 Å². The SMILES string of the molecule is CC(NC(=O)Cc1ccccc1F)c1ccc(Cl)s1. The van der Waals surface area contributed by atoms with Gasteiger partial charge >= 0.3 is 0 Å². The van der Waals surface area contributed by atoms with E-state index in [1.54, 1.807) is 24.3 Å². The Morgan fingerprint density at radius 2 is 2.11 bits per heavy atom. The topological polar surface area (TPSA) is 29.1 Å². The lowest BCUT2D eigenvalue weighted by Gasteiger charge is -2.12. The molecule has 2 nitrogen and oxygen atoms in total. The number of hydrogen-bond donors (Lipinski definition) is 1. The summed E-state index contributed by atoms with van der Waals surface area (Å²) in [4.78, 5) is 12.8. The minimum absolute atomic E-state index is 0.0378. The van der Waals surface area contributed by atoms with Gasteiger partial charge in [-0.2, -0.15) is 0 Å². The van der Waals surface area contributed by atoms with Crippen LogP contribution in [-0.2, 0) is 11.2 Å². The molecule has 0 radical (unpaired) electrons. The molecule has 1 atom stereocenters. The fraction of sp³-hybridized carbons (Fsp3) is 0.214. The van der Waals surface area contributed by atoms with Gasteiger partial charge in [-0.05, 0) is 30.7 Å². The molecule has 100 valence electrons. The molecule has 1 unspecified atom stereocenters.